The largest absolute Gasteiger partial charge is 0.378 e. The molecule has 0 saturated heterocycles. The van der Waals surface area contributed by atoms with E-state index in [9.17, 15) is 4.79 Å². The SMILES string of the molecule is O=C(CSc1nnc(CNc2ccc(I)cc2)n1-c1ccccc1)c1ccccc1. The van der Waals surface area contributed by atoms with Crippen LogP contribution in [0.1, 0.15) is 16.2 Å². The first-order valence-electron chi connectivity index (χ1n) is 9.41. The molecule has 30 heavy (non-hydrogen) atoms. The van der Waals surface area contributed by atoms with Gasteiger partial charge in [0.25, 0.3) is 0 Å². The Hall–Kier alpha value is -2.65. The minimum absolute atomic E-state index is 0.0711. The van der Waals surface area contributed by atoms with Crippen molar-refractivity contribution in [2.24, 2.45) is 0 Å². The van der Waals surface area contributed by atoms with Crippen molar-refractivity contribution in [2.45, 2.75) is 11.7 Å². The van der Waals surface area contributed by atoms with E-state index < -0.39 is 0 Å². The molecule has 0 spiro atoms. The van der Waals surface area contributed by atoms with Gasteiger partial charge in [-0.2, -0.15) is 0 Å². The maximum atomic E-state index is 12.5. The van der Waals surface area contributed by atoms with Gasteiger partial charge in [0.2, 0.25) is 0 Å². The first kappa shape index (κ1) is 20.6. The average molecular weight is 526 g/mol. The molecule has 0 atom stereocenters. The molecule has 1 heterocycles. The third kappa shape index (κ3) is 5.09. The third-order valence-electron chi connectivity index (χ3n) is 4.44. The van der Waals surface area contributed by atoms with E-state index in [1.165, 1.54) is 15.3 Å². The Morgan fingerprint density at radius 1 is 0.900 bits per heavy atom. The summed E-state index contributed by atoms with van der Waals surface area (Å²) >= 11 is 3.69. The number of hydrogen-bond donors (Lipinski definition) is 1. The van der Waals surface area contributed by atoms with E-state index >= 15 is 0 Å². The van der Waals surface area contributed by atoms with E-state index in [4.69, 9.17) is 0 Å². The lowest BCUT2D eigenvalue weighted by atomic mass is 10.2. The second kappa shape index (κ2) is 9.90. The zero-order valence-electron chi connectivity index (χ0n) is 16.0. The molecule has 7 heteroatoms. The highest BCUT2D eigenvalue weighted by molar-refractivity contribution is 14.1. The minimum atomic E-state index is 0.0711. The van der Waals surface area contributed by atoms with Crippen LogP contribution in [0.3, 0.4) is 0 Å². The fourth-order valence-corrected chi connectivity index (χ4v) is 4.16. The number of aromatic nitrogens is 3. The summed E-state index contributed by atoms with van der Waals surface area (Å²) in [5.41, 5.74) is 2.69. The summed E-state index contributed by atoms with van der Waals surface area (Å²) in [7, 11) is 0. The number of para-hydroxylation sites is 1. The summed E-state index contributed by atoms with van der Waals surface area (Å²) in [6.07, 6.45) is 0. The van der Waals surface area contributed by atoms with E-state index in [-0.39, 0.29) is 5.78 Å². The second-order valence-electron chi connectivity index (χ2n) is 6.51. The number of anilines is 1. The van der Waals surface area contributed by atoms with Gasteiger partial charge >= 0.3 is 0 Å². The third-order valence-corrected chi connectivity index (χ3v) is 6.09. The number of benzene rings is 3. The number of carbonyl (C=O) groups excluding carboxylic acids is 1. The maximum Gasteiger partial charge on any atom is 0.196 e. The number of nitrogens with zero attached hydrogens (tertiary/aromatic N) is 3. The molecule has 0 saturated carbocycles. The summed E-state index contributed by atoms with van der Waals surface area (Å²) in [6.45, 7) is 0.523. The Morgan fingerprint density at radius 3 is 2.27 bits per heavy atom. The first-order chi connectivity index (χ1) is 14.7. The second-order valence-corrected chi connectivity index (χ2v) is 8.70. The lowest BCUT2D eigenvalue weighted by Crippen LogP contribution is -2.09. The zero-order chi connectivity index (χ0) is 20.8. The van der Waals surface area contributed by atoms with Crippen LogP contribution in [-0.4, -0.2) is 26.3 Å². The Balaban J connectivity index is 1.54. The molecule has 0 aliphatic heterocycles. The van der Waals surface area contributed by atoms with Crippen LogP contribution in [0.15, 0.2) is 90.1 Å². The number of Topliss-reactive ketones (excluding diaryl/α,β-unsaturated/α-hetero) is 1. The molecule has 0 radical (unpaired) electrons. The van der Waals surface area contributed by atoms with Gasteiger partial charge in [0.05, 0.1) is 12.3 Å². The van der Waals surface area contributed by atoms with Crippen LogP contribution in [0.2, 0.25) is 0 Å². The number of carbonyl (C=O) groups is 1. The highest BCUT2D eigenvalue weighted by Gasteiger charge is 2.16. The number of nitrogens with one attached hydrogen (secondary N) is 1. The van der Waals surface area contributed by atoms with Gasteiger partial charge in [-0.25, -0.2) is 0 Å². The van der Waals surface area contributed by atoms with Crippen molar-refractivity contribution < 1.29 is 4.79 Å². The number of ketones is 1. The van der Waals surface area contributed by atoms with Crippen molar-refractivity contribution in [3.63, 3.8) is 0 Å². The van der Waals surface area contributed by atoms with E-state index in [1.54, 1.807) is 0 Å². The normalized spacial score (nSPS) is 10.7. The van der Waals surface area contributed by atoms with Crippen LogP contribution < -0.4 is 5.32 Å². The topological polar surface area (TPSA) is 59.8 Å². The molecule has 4 aromatic rings. The molecule has 3 aromatic carbocycles. The molecular formula is C23H19IN4OS. The van der Waals surface area contributed by atoms with Crippen LogP contribution in [0, 0.1) is 3.57 Å². The molecule has 4 rings (SSSR count). The van der Waals surface area contributed by atoms with Crippen LogP contribution in [0.5, 0.6) is 0 Å². The lowest BCUT2D eigenvalue weighted by molar-refractivity contribution is 0.102. The Bertz CT molecular complexity index is 1120. The first-order valence-corrected chi connectivity index (χ1v) is 11.5. The molecule has 1 N–H and O–H groups in total. The van der Waals surface area contributed by atoms with E-state index in [0.717, 1.165) is 17.2 Å². The molecule has 150 valence electrons. The van der Waals surface area contributed by atoms with Crippen molar-refractivity contribution in [3.05, 3.63) is 99.9 Å². The summed E-state index contributed by atoms with van der Waals surface area (Å²) in [6, 6.07) is 27.5. The standard InChI is InChI=1S/C23H19IN4OS/c24-18-11-13-19(14-12-18)25-15-22-26-27-23(28(22)20-9-5-2-6-10-20)30-16-21(29)17-7-3-1-4-8-17/h1-14,25H,15-16H2. The quantitative estimate of drug-likeness (QED) is 0.188. The van der Waals surface area contributed by atoms with Gasteiger partial charge in [0.15, 0.2) is 16.8 Å². The number of hydrogen-bond acceptors (Lipinski definition) is 5. The van der Waals surface area contributed by atoms with Crippen molar-refractivity contribution in [3.8, 4) is 5.69 Å². The minimum Gasteiger partial charge on any atom is -0.378 e. The summed E-state index contributed by atoms with van der Waals surface area (Å²) in [5, 5.41) is 12.9. The van der Waals surface area contributed by atoms with Crippen molar-refractivity contribution in [1.29, 1.82) is 0 Å². The van der Waals surface area contributed by atoms with Crippen LogP contribution in [0.4, 0.5) is 5.69 Å². The molecule has 0 aliphatic carbocycles. The van der Waals surface area contributed by atoms with Gasteiger partial charge in [-0.3, -0.25) is 9.36 Å². The van der Waals surface area contributed by atoms with Crippen molar-refractivity contribution in [1.82, 2.24) is 14.8 Å². The number of halogens is 1. The monoisotopic (exact) mass is 526 g/mol. The molecule has 0 fully saturated rings. The Morgan fingerprint density at radius 2 is 1.57 bits per heavy atom. The van der Waals surface area contributed by atoms with Gasteiger partial charge in [-0.05, 0) is 59.0 Å². The van der Waals surface area contributed by atoms with Gasteiger partial charge in [-0.1, -0.05) is 60.3 Å². The molecule has 0 amide bonds. The molecule has 0 bridgehead atoms. The number of rotatable bonds is 8. The highest BCUT2D eigenvalue weighted by atomic mass is 127. The highest BCUT2D eigenvalue weighted by Crippen LogP contribution is 2.23. The molecule has 0 aliphatic rings. The molecule has 0 unspecified atom stereocenters. The summed E-state index contributed by atoms with van der Waals surface area (Å²) < 4.78 is 3.19. The molecular weight excluding hydrogens is 507 g/mol. The fourth-order valence-electron chi connectivity index (χ4n) is 2.93. The average Bonchev–Trinajstić information content (AvgIpc) is 3.21. The van der Waals surface area contributed by atoms with Crippen molar-refractivity contribution in [2.75, 3.05) is 11.1 Å². The van der Waals surface area contributed by atoms with Crippen LogP contribution in [-0.2, 0) is 6.54 Å². The Kier molecular flexibility index (Phi) is 6.81. The molecule has 1 aromatic heterocycles. The van der Waals surface area contributed by atoms with Crippen LogP contribution in [0.25, 0.3) is 5.69 Å². The summed E-state index contributed by atoms with van der Waals surface area (Å²) in [4.78, 5) is 12.5. The van der Waals surface area contributed by atoms with Gasteiger partial charge < -0.3 is 5.32 Å². The van der Waals surface area contributed by atoms with E-state index in [0.29, 0.717) is 23.0 Å². The Labute approximate surface area is 193 Å². The van der Waals surface area contributed by atoms with Gasteiger partial charge in [-0.15, -0.1) is 10.2 Å². The predicted molar refractivity (Wildman–Crippen MR) is 129 cm³/mol. The fraction of sp³-hybridized carbons (Fsp3) is 0.0870. The van der Waals surface area contributed by atoms with Crippen molar-refractivity contribution >= 4 is 45.8 Å². The smallest absolute Gasteiger partial charge is 0.196 e. The molecule has 5 nitrogen and oxygen atoms in total. The van der Waals surface area contributed by atoms with Gasteiger partial charge in [0.1, 0.15) is 0 Å². The van der Waals surface area contributed by atoms with E-state index in [1.807, 2.05) is 77.4 Å². The van der Waals surface area contributed by atoms with Gasteiger partial charge in [0, 0.05) is 20.5 Å². The number of thioether (sulfide) groups is 1. The maximum absolute atomic E-state index is 12.5. The zero-order valence-corrected chi connectivity index (χ0v) is 19.0. The summed E-state index contributed by atoms with van der Waals surface area (Å²) in [5.74, 6) is 1.16. The van der Waals surface area contributed by atoms with Crippen LogP contribution >= 0.6 is 34.4 Å². The van der Waals surface area contributed by atoms with E-state index in [2.05, 4.69) is 50.2 Å². The lowest BCUT2D eigenvalue weighted by Gasteiger charge is -2.11. The predicted octanol–water partition coefficient (Wildman–Crippen LogP) is 5.46.